The molecule has 1 aromatic carbocycles. The first kappa shape index (κ1) is 13.3. The van der Waals surface area contributed by atoms with Crippen molar-refractivity contribution in [1.29, 1.82) is 0 Å². The lowest BCUT2D eigenvalue weighted by Gasteiger charge is -2.33. The summed E-state index contributed by atoms with van der Waals surface area (Å²) in [5, 5.41) is 2.75. The average Bonchev–Trinajstić information content (AvgIpc) is 2.51. The van der Waals surface area contributed by atoms with Gasteiger partial charge < -0.3 is 5.32 Å². The van der Waals surface area contributed by atoms with Crippen LogP contribution >= 0.6 is 0 Å². The molecule has 1 N–H and O–H groups in total. The number of aromatic nitrogens is 1. The van der Waals surface area contributed by atoms with E-state index < -0.39 is 6.04 Å². The quantitative estimate of drug-likeness (QED) is 0.909. The number of nitrogens with zero attached hydrogens (tertiary/aromatic N) is 2. The van der Waals surface area contributed by atoms with Gasteiger partial charge in [0.05, 0.1) is 11.9 Å². The molecular weight excluding hydrogens is 266 g/mol. The molecule has 1 atom stereocenters. The van der Waals surface area contributed by atoms with Gasteiger partial charge >= 0.3 is 0 Å². The Morgan fingerprint density at radius 3 is 2.67 bits per heavy atom. The van der Waals surface area contributed by atoms with E-state index in [4.69, 9.17) is 0 Å². The summed E-state index contributed by atoms with van der Waals surface area (Å²) < 4.78 is 0. The zero-order valence-corrected chi connectivity index (χ0v) is 11.6. The minimum Gasteiger partial charge on any atom is -0.339 e. The maximum atomic E-state index is 12.7. The Balaban J connectivity index is 1.98. The SMILES string of the molecule is Cc1ccncc1N1CC(=O)NC(c2ccccc2)C1=O. The standard InChI is InChI=1S/C16H15N3O2/c1-11-7-8-17-9-13(11)19-10-14(20)18-15(16(19)21)12-5-3-2-4-6-12/h2-9,15H,10H2,1H3,(H,18,20). The summed E-state index contributed by atoms with van der Waals surface area (Å²) in [6, 6.07) is 10.4. The number of aryl methyl sites for hydroxylation is 1. The molecule has 0 spiro atoms. The molecule has 5 heteroatoms. The molecule has 1 fully saturated rings. The topological polar surface area (TPSA) is 62.3 Å². The summed E-state index contributed by atoms with van der Waals surface area (Å²) in [5.74, 6) is -0.316. The average molecular weight is 281 g/mol. The van der Waals surface area contributed by atoms with E-state index in [1.807, 2.05) is 43.3 Å². The molecule has 1 aliphatic rings. The molecule has 1 aromatic heterocycles. The van der Waals surface area contributed by atoms with E-state index in [9.17, 15) is 9.59 Å². The number of piperazine rings is 1. The Labute approximate surface area is 122 Å². The van der Waals surface area contributed by atoms with E-state index in [1.54, 1.807) is 12.4 Å². The van der Waals surface area contributed by atoms with Crippen LogP contribution in [0.3, 0.4) is 0 Å². The summed E-state index contributed by atoms with van der Waals surface area (Å²) in [4.78, 5) is 30.2. The minimum atomic E-state index is -0.646. The van der Waals surface area contributed by atoms with E-state index in [2.05, 4.69) is 10.3 Å². The van der Waals surface area contributed by atoms with Gasteiger partial charge in [-0.15, -0.1) is 0 Å². The second-order valence-electron chi connectivity index (χ2n) is 5.00. The summed E-state index contributed by atoms with van der Waals surface area (Å²) in [5.41, 5.74) is 2.38. The second-order valence-corrected chi connectivity index (χ2v) is 5.00. The van der Waals surface area contributed by atoms with E-state index in [0.717, 1.165) is 11.1 Å². The van der Waals surface area contributed by atoms with Crippen molar-refractivity contribution >= 4 is 17.5 Å². The lowest BCUT2D eigenvalue weighted by molar-refractivity contribution is -0.131. The van der Waals surface area contributed by atoms with Gasteiger partial charge in [0.1, 0.15) is 12.6 Å². The first-order valence-electron chi connectivity index (χ1n) is 6.73. The lowest BCUT2D eigenvalue weighted by atomic mass is 10.0. The smallest absolute Gasteiger partial charge is 0.254 e. The maximum Gasteiger partial charge on any atom is 0.254 e. The zero-order chi connectivity index (χ0) is 14.8. The predicted molar refractivity (Wildman–Crippen MR) is 78.7 cm³/mol. The highest BCUT2D eigenvalue weighted by atomic mass is 16.2. The number of hydrogen-bond acceptors (Lipinski definition) is 3. The number of amides is 2. The van der Waals surface area contributed by atoms with Crippen molar-refractivity contribution in [3.05, 3.63) is 59.9 Å². The molecule has 0 aliphatic carbocycles. The minimum absolute atomic E-state index is 0.0225. The number of pyridine rings is 1. The third-order valence-electron chi connectivity index (χ3n) is 3.56. The van der Waals surface area contributed by atoms with Gasteiger partial charge in [0, 0.05) is 6.20 Å². The molecule has 2 amide bonds. The molecule has 106 valence electrons. The molecule has 0 saturated carbocycles. The van der Waals surface area contributed by atoms with Gasteiger partial charge in [-0.3, -0.25) is 19.5 Å². The molecule has 5 nitrogen and oxygen atoms in total. The molecule has 0 bridgehead atoms. The highest BCUT2D eigenvalue weighted by Gasteiger charge is 2.35. The van der Waals surface area contributed by atoms with Crippen LogP contribution in [0.4, 0.5) is 5.69 Å². The highest BCUT2D eigenvalue weighted by molar-refractivity contribution is 6.07. The number of nitrogens with one attached hydrogen (secondary N) is 1. The molecule has 3 rings (SSSR count). The van der Waals surface area contributed by atoms with Crippen LogP contribution in [-0.2, 0) is 9.59 Å². The van der Waals surface area contributed by atoms with Crippen LogP contribution in [0.25, 0.3) is 0 Å². The number of anilines is 1. The fourth-order valence-corrected chi connectivity index (χ4v) is 2.46. The van der Waals surface area contributed by atoms with Crippen molar-refractivity contribution in [3.8, 4) is 0 Å². The summed E-state index contributed by atoms with van der Waals surface area (Å²) in [6.07, 6.45) is 3.29. The first-order chi connectivity index (χ1) is 10.2. The third-order valence-corrected chi connectivity index (χ3v) is 3.56. The normalized spacial score (nSPS) is 18.5. The largest absolute Gasteiger partial charge is 0.339 e. The van der Waals surface area contributed by atoms with E-state index in [0.29, 0.717) is 5.69 Å². The lowest BCUT2D eigenvalue weighted by Crippen LogP contribution is -2.53. The van der Waals surface area contributed by atoms with Crippen molar-refractivity contribution in [2.24, 2.45) is 0 Å². The molecule has 1 aliphatic heterocycles. The Hall–Kier alpha value is -2.69. The van der Waals surface area contributed by atoms with Gasteiger partial charge in [-0.05, 0) is 24.1 Å². The third kappa shape index (κ3) is 2.50. The van der Waals surface area contributed by atoms with Crippen molar-refractivity contribution in [2.75, 3.05) is 11.4 Å². The Bertz CT molecular complexity index is 685. The first-order valence-corrected chi connectivity index (χ1v) is 6.73. The predicted octanol–water partition coefficient (Wildman–Crippen LogP) is 1.59. The van der Waals surface area contributed by atoms with Crippen LogP contribution in [0.15, 0.2) is 48.8 Å². The van der Waals surface area contributed by atoms with Crippen molar-refractivity contribution in [1.82, 2.24) is 10.3 Å². The molecule has 1 unspecified atom stereocenters. The summed E-state index contributed by atoms with van der Waals surface area (Å²) in [6.45, 7) is 1.92. The molecule has 2 aromatic rings. The molecule has 2 heterocycles. The van der Waals surface area contributed by atoms with Gasteiger partial charge in [-0.1, -0.05) is 30.3 Å². The van der Waals surface area contributed by atoms with Gasteiger partial charge in [0.2, 0.25) is 5.91 Å². The Morgan fingerprint density at radius 2 is 1.95 bits per heavy atom. The van der Waals surface area contributed by atoms with Crippen LogP contribution in [-0.4, -0.2) is 23.3 Å². The van der Waals surface area contributed by atoms with E-state index in [-0.39, 0.29) is 18.4 Å². The van der Waals surface area contributed by atoms with Gasteiger partial charge in [-0.2, -0.15) is 0 Å². The van der Waals surface area contributed by atoms with Crippen molar-refractivity contribution < 1.29 is 9.59 Å². The number of rotatable bonds is 2. The van der Waals surface area contributed by atoms with E-state index in [1.165, 1.54) is 4.90 Å². The molecule has 21 heavy (non-hydrogen) atoms. The summed E-state index contributed by atoms with van der Waals surface area (Å²) >= 11 is 0. The maximum absolute atomic E-state index is 12.7. The molecule has 1 saturated heterocycles. The number of carbonyl (C=O) groups is 2. The molecular formula is C16H15N3O2. The van der Waals surface area contributed by atoms with Crippen LogP contribution in [0.5, 0.6) is 0 Å². The Morgan fingerprint density at radius 1 is 1.19 bits per heavy atom. The Kier molecular flexibility index (Phi) is 3.39. The summed E-state index contributed by atoms with van der Waals surface area (Å²) in [7, 11) is 0. The second kappa shape index (κ2) is 5.36. The number of benzene rings is 1. The van der Waals surface area contributed by atoms with E-state index >= 15 is 0 Å². The zero-order valence-electron chi connectivity index (χ0n) is 11.6. The fraction of sp³-hybridized carbons (Fsp3) is 0.188. The van der Waals surface area contributed by atoms with Crippen LogP contribution in [0.1, 0.15) is 17.2 Å². The van der Waals surface area contributed by atoms with Gasteiger partial charge in [-0.25, -0.2) is 0 Å². The van der Waals surface area contributed by atoms with Gasteiger partial charge in [0.15, 0.2) is 0 Å². The molecule has 0 radical (unpaired) electrons. The van der Waals surface area contributed by atoms with Crippen molar-refractivity contribution in [2.45, 2.75) is 13.0 Å². The van der Waals surface area contributed by atoms with Crippen molar-refractivity contribution in [3.63, 3.8) is 0 Å². The van der Waals surface area contributed by atoms with Crippen LogP contribution in [0.2, 0.25) is 0 Å². The highest BCUT2D eigenvalue weighted by Crippen LogP contribution is 2.25. The monoisotopic (exact) mass is 281 g/mol. The van der Waals surface area contributed by atoms with Crippen LogP contribution in [0, 0.1) is 6.92 Å². The van der Waals surface area contributed by atoms with Crippen LogP contribution < -0.4 is 10.2 Å². The van der Waals surface area contributed by atoms with Gasteiger partial charge in [0.25, 0.3) is 5.91 Å². The number of carbonyl (C=O) groups excluding carboxylic acids is 2. The number of hydrogen-bond donors (Lipinski definition) is 1. The fourth-order valence-electron chi connectivity index (χ4n) is 2.46.